The summed E-state index contributed by atoms with van der Waals surface area (Å²) in [5.41, 5.74) is 0.982. The zero-order valence-corrected chi connectivity index (χ0v) is 12.8. The summed E-state index contributed by atoms with van der Waals surface area (Å²) in [7, 11) is 4.10. The number of likely N-dealkylation sites (N-methyl/N-ethyl adjacent to an activating group) is 1. The Kier molecular flexibility index (Phi) is 5.45. The third kappa shape index (κ3) is 5.35. The van der Waals surface area contributed by atoms with Crippen molar-refractivity contribution in [3.63, 3.8) is 0 Å². The normalized spacial score (nSPS) is 10.7. The van der Waals surface area contributed by atoms with E-state index in [1.807, 2.05) is 45.3 Å². The summed E-state index contributed by atoms with van der Waals surface area (Å²) in [5, 5.41) is 6.58. The Morgan fingerprint density at radius 2 is 1.86 bits per heavy atom. The van der Waals surface area contributed by atoms with Crippen LogP contribution in [0.4, 0.5) is 11.6 Å². The number of pyridine rings is 1. The average Bonchev–Trinajstić information content (AvgIpc) is 2.45. The van der Waals surface area contributed by atoms with Crippen LogP contribution in [0, 0.1) is 6.92 Å². The Labute approximate surface area is 125 Å². The fraction of sp³-hybridized carbons (Fsp3) is 0.400. The van der Waals surface area contributed by atoms with Crippen LogP contribution < -0.4 is 10.6 Å². The number of hydrogen-bond acceptors (Lipinski definition) is 6. The molecule has 6 heteroatoms. The molecule has 0 aromatic carbocycles. The van der Waals surface area contributed by atoms with Crippen molar-refractivity contribution in [3.05, 3.63) is 42.0 Å². The molecule has 0 bridgehead atoms. The number of nitrogens with one attached hydrogen (secondary N) is 2. The zero-order chi connectivity index (χ0) is 15.1. The number of hydrogen-bond donors (Lipinski definition) is 2. The molecule has 0 spiro atoms. The van der Waals surface area contributed by atoms with Crippen molar-refractivity contribution >= 4 is 11.6 Å². The SMILES string of the molecule is Cc1nc(NCCN(C)C)cc(NCc2ccccn2)n1. The van der Waals surface area contributed by atoms with Crippen molar-refractivity contribution in [1.82, 2.24) is 19.9 Å². The minimum Gasteiger partial charge on any atom is -0.369 e. The largest absolute Gasteiger partial charge is 0.369 e. The summed E-state index contributed by atoms with van der Waals surface area (Å²) in [6.07, 6.45) is 1.79. The van der Waals surface area contributed by atoms with Gasteiger partial charge in [0.2, 0.25) is 0 Å². The third-order valence-electron chi connectivity index (χ3n) is 2.88. The first kappa shape index (κ1) is 15.2. The zero-order valence-electron chi connectivity index (χ0n) is 12.8. The molecular weight excluding hydrogens is 264 g/mol. The van der Waals surface area contributed by atoms with E-state index in [0.717, 1.165) is 36.2 Å². The van der Waals surface area contributed by atoms with Gasteiger partial charge in [0.05, 0.1) is 12.2 Å². The number of anilines is 2. The average molecular weight is 286 g/mol. The molecule has 2 aromatic heterocycles. The Balaban J connectivity index is 1.94. The van der Waals surface area contributed by atoms with Crippen LogP contribution in [0.2, 0.25) is 0 Å². The lowest BCUT2D eigenvalue weighted by Crippen LogP contribution is -2.21. The molecule has 0 unspecified atom stereocenters. The van der Waals surface area contributed by atoms with E-state index in [1.165, 1.54) is 0 Å². The summed E-state index contributed by atoms with van der Waals surface area (Å²) < 4.78 is 0. The summed E-state index contributed by atoms with van der Waals surface area (Å²) in [5.74, 6) is 2.39. The Morgan fingerprint density at radius 3 is 2.52 bits per heavy atom. The van der Waals surface area contributed by atoms with E-state index in [-0.39, 0.29) is 0 Å². The number of aromatic nitrogens is 3. The Morgan fingerprint density at radius 1 is 1.10 bits per heavy atom. The quantitative estimate of drug-likeness (QED) is 0.808. The van der Waals surface area contributed by atoms with E-state index in [1.54, 1.807) is 6.20 Å². The molecule has 21 heavy (non-hydrogen) atoms. The molecule has 0 aliphatic rings. The first-order valence-electron chi connectivity index (χ1n) is 7.01. The van der Waals surface area contributed by atoms with E-state index in [0.29, 0.717) is 6.54 Å². The molecule has 0 aliphatic carbocycles. The molecule has 2 N–H and O–H groups in total. The second kappa shape index (κ2) is 7.54. The van der Waals surface area contributed by atoms with Crippen molar-refractivity contribution in [3.8, 4) is 0 Å². The number of aryl methyl sites for hydroxylation is 1. The monoisotopic (exact) mass is 286 g/mol. The van der Waals surface area contributed by atoms with Gasteiger partial charge in [-0.1, -0.05) is 6.07 Å². The van der Waals surface area contributed by atoms with Gasteiger partial charge >= 0.3 is 0 Å². The fourth-order valence-corrected chi connectivity index (χ4v) is 1.84. The van der Waals surface area contributed by atoms with Gasteiger partial charge in [-0.15, -0.1) is 0 Å². The van der Waals surface area contributed by atoms with E-state index in [4.69, 9.17) is 0 Å². The van der Waals surface area contributed by atoms with Crippen molar-refractivity contribution in [2.45, 2.75) is 13.5 Å². The predicted molar refractivity (Wildman–Crippen MR) is 85.4 cm³/mol. The summed E-state index contributed by atoms with van der Waals surface area (Å²) in [4.78, 5) is 15.2. The first-order chi connectivity index (χ1) is 10.1. The molecule has 0 fully saturated rings. The van der Waals surface area contributed by atoms with Gasteiger partial charge in [0, 0.05) is 25.4 Å². The van der Waals surface area contributed by atoms with Gasteiger partial charge < -0.3 is 15.5 Å². The van der Waals surface area contributed by atoms with Crippen LogP contribution >= 0.6 is 0 Å². The molecule has 2 aromatic rings. The van der Waals surface area contributed by atoms with E-state index in [2.05, 4.69) is 30.5 Å². The minimum atomic E-state index is 0.647. The van der Waals surface area contributed by atoms with Gasteiger partial charge in [-0.2, -0.15) is 0 Å². The van der Waals surface area contributed by atoms with Crippen LogP contribution in [0.5, 0.6) is 0 Å². The maximum Gasteiger partial charge on any atom is 0.132 e. The van der Waals surface area contributed by atoms with Crippen molar-refractivity contribution in [2.75, 3.05) is 37.8 Å². The summed E-state index contributed by atoms with van der Waals surface area (Å²) >= 11 is 0. The minimum absolute atomic E-state index is 0.647. The molecule has 0 saturated carbocycles. The molecule has 0 saturated heterocycles. The second-order valence-electron chi connectivity index (χ2n) is 5.09. The highest BCUT2D eigenvalue weighted by Gasteiger charge is 2.02. The Hall–Kier alpha value is -2.21. The molecular formula is C15H22N6. The van der Waals surface area contributed by atoms with Crippen LogP contribution in [0.1, 0.15) is 11.5 Å². The lowest BCUT2D eigenvalue weighted by atomic mass is 10.3. The molecule has 0 atom stereocenters. The van der Waals surface area contributed by atoms with E-state index in [9.17, 15) is 0 Å². The van der Waals surface area contributed by atoms with Gasteiger partial charge in [0.25, 0.3) is 0 Å². The van der Waals surface area contributed by atoms with Crippen LogP contribution in [0.25, 0.3) is 0 Å². The number of nitrogens with zero attached hydrogens (tertiary/aromatic N) is 4. The van der Waals surface area contributed by atoms with E-state index < -0.39 is 0 Å². The van der Waals surface area contributed by atoms with Crippen molar-refractivity contribution < 1.29 is 0 Å². The highest BCUT2D eigenvalue weighted by atomic mass is 15.1. The van der Waals surface area contributed by atoms with Crippen molar-refractivity contribution in [1.29, 1.82) is 0 Å². The van der Waals surface area contributed by atoms with E-state index >= 15 is 0 Å². The molecule has 0 amide bonds. The molecule has 112 valence electrons. The highest BCUT2D eigenvalue weighted by Crippen LogP contribution is 2.11. The van der Waals surface area contributed by atoms with Crippen LogP contribution in [0.3, 0.4) is 0 Å². The standard InChI is InChI=1S/C15H22N6/c1-12-19-14(17-8-9-21(2)3)10-15(20-12)18-11-13-6-4-5-7-16-13/h4-7,10H,8-9,11H2,1-3H3,(H2,17,18,19,20). The fourth-order valence-electron chi connectivity index (χ4n) is 1.84. The molecule has 6 nitrogen and oxygen atoms in total. The molecule has 0 radical (unpaired) electrons. The van der Waals surface area contributed by atoms with Gasteiger partial charge in [0.1, 0.15) is 17.5 Å². The second-order valence-corrected chi connectivity index (χ2v) is 5.09. The van der Waals surface area contributed by atoms with Gasteiger partial charge in [0.15, 0.2) is 0 Å². The lowest BCUT2D eigenvalue weighted by molar-refractivity contribution is 0.425. The van der Waals surface area contributed by atoms with Crippen LogP contribution in [0.15, 0.2) is 30.5 Å². The molecule has 0 aliphatic heterocycles. The maximum atomic E-state index is 4.39. The predicted octanol–water partition coefficient (Wildman–Crippen LogP) is 1.77. The van der Waals surface area contributed by atoms with Gasteiger partial charge in [-0.25, -0.2) is 9.97 Å². The number of rotatable bonds is 7. The topological polar surface area (TPSA) is 66.0 Å². The van der Waals surface area contributed by atoms with Gasteiger partial charge in [-0.3, -0.25) is 4.98 Å². The van der Waals surface area contributed by atoms with Crippen molar-refractivity contribution in [2.24, 2.45) is 0 Å². The van der Waals surface area contributed by atoms with Crippen LogP contribution in [-0.4, -0.2) is 47.0 Å². The Bertz CT molecular complexity index is 555. The highest BCUT2D eigenvalue weighted by molar-refractivity contribution is 5.47. The van der Waals surface area contributed by atoms with Gasteiger partial charge in [-0.05, 0) is 33.2 Å². The first-order valence-corrected chi connectivity index (χ1v) is 7.01. The maximum absolute atomic E-state index is 4.39. The van der Waals surface area contributed by atoms with Crippen LogP contribution in [-0.2, 0) is 6.54 Å². The smallest absolute Gasteiger partial charge is 0.132 e. The lowest BCUT2D eigenvalue weighted by Gasteiger charge is -2.12. The third-order valence-corrected chi connectivity index (χ3v) is 2.88. The molecule has 2 heterocycles. The molecule has 2 rings (SSSR count). The summed E-state index contributed by atoms with van der Waals surface area (Å²) in [6, 6.07) is 7.79. The summed E-state index contributed by atoms with van der Waals surface area (Å²) in [6.45, 7) is 4.35.